The molecule has 0 aliphatic carbocycles. The van der Waals surface area contributed by atoms with Gasteiger partial charge in [-0.25, -0.2) is 4.68 Å². The zero-order chi connectivity index (χ0) is 15.9. The van der Waals surface area contributed by atoms with Crippen molar-refractivity contribution >= 4 is 0 Å². The van der Waals surface area contributed by atoms with Crippen molar-refractivity contribution in [1.29, 1.82) is 0 Å². The third kappa shape index (κ3) is 2.39. The summed E-state index contributed by atoms with van der Waals surface area (Å²) in [4.78, 5) is 2.40. The quantitative estimate of drug-likeness (QED) is 0.863. The van der Waals surface area contributed by atoms with Crippen LogP contribution in [0.15, 0.2) is 4.42 Å². The van der Waals surface area contributed by atoms with Crippen LogP contribution in [0.4, 0.5) is 0 Å². The molecule has 0 aromatic carbocycles. The number of rotatable bonds is 4. The molecule has 2 aromatic rings. The summed E-state index contributed by atoms with van der Waals surface area (Å²) in [7, 11) is 3.61. The van der Waals surface area contributed by atoms with Crippen LogP contribution < -0.4 is 4.74 Å². The molecule has 120 valence electrons. The molecule has 0 bridgehead atoms. The van der Waals surface area contributed by atoms with Crippen molar-refractivity contribution in [2.24, 2.45) is 7.05 Å². The van der Waals surface area contributed by atoms with Crippen molar-refractivity contribution in [2.45, 2.75) is 45.7 Å². The molecule has 0 radical (unpaired) electrons. The van der Waals surface area contributed by atoms with Gasteiger partial charge in [0.25, 0.3) is 0 Å². The minimum atomic E-state index is 0.0815. The van der Waals surface area contributed by atoms with Gasteiger partial charge in [-0.05, 0) is 33.2 Å². The molecular formula is C15H23N5O2. The van der Waals surface area contributed by atoms with Crippen LogP contribution in [-0.2, 0) is 7.05 Å². The molecule has 0 saturated carbocycles. The second-order valence-corrected chi connectivity index (χ2v) is 5.86. The maximum absolute atomic E-state index is 5.62. The molecule has 1 aliphatic rings. The fraction of sp³-hybridized carbons (Fsp3) is 0.667. The third-order valence-electron chi connectivity index (χ3n) is 4.43. The molecule has 1 aliphatic heterocycles. The second-order valence-electron chi connectivity index (χ2n) is 5.86. The van der Waals surface area contributed by atoms with E-state index in [2.05, 4.69) is 27.1 Å². The first kappa shape index (κ1) is 15.0. The highest BCUT2D eigenvalue weighted by atomic mass is 16.5. The molecule has 0 spiro atoms. The Bertz CT molecular complexity index is 663. The second kappa shape index (κ2) is 5.72. The normalized spacial score (nSPS) is 20.5. The van der Waals surface area contributed by atoms with Crippen LogP contribution in [-0.4, -0.2) is 38.5 Å². The summed E-state index contributed by atoms with van der Waals surface area (Å²) in [6, 6.07) is 0.351. The molecule has 3 rings (SSSR count). The van der Waals surface area contributed by atoms with E-state index in [0.717, 1.165) is 31.0 Å². The van der Waals surface area contributed by atoms with Crippen LogP contribution in [0.5, 0.6) is 5.88 Å². The molecule has 22 heavy (non-hydrogen) atoms. The predicted molar refractivity (Wildman–Crippen MR) is 80.6 cm³/mol. The zero-order valence-electron chi connectivity index (χ0n) is 13.8. The third-order valence-corrected chi connectivity index (χ3v) is 4.43. The monoisotopic (exact) mass is 305 g/mol. The molecule has 2 atom stereocenters. The van der Waals surface area contributed by atoms with Crippen LogP contribution in [0.2, 0.25) is 0 Å². The van der Waals surface area contributed by atoms with Crippen LogP contribution in [0.3, 0.4) is 0 Å². The van der Waals surface area contributed by atoms with Gasteiger partial charge in [0, 0.05) is 20.0 Å². The number of aryl methyl sites for hydroxylation is 3. The zero-order valence-corrected chi connectivity index (χ0v) is 13.8. The molecular weight excluding hydrogens is 282 g/mol. The average Bonchev–Trinajstić information content (AvgIpc) is 3.16. The van der Waals surface area contributed by atoms with Gasteiger partial charge in [-0.2, -0.15) is 5.10 Å². The predicted octanol–water partition coefficient (Wildman–Crippen LogP) is 2.33. The number of ether oxygens (including phenoxy) is 1. The standard InChI is InChI=1S/C15H23N5O2/c1-9-13(15(21-5)19(4)18-9)12-7-6-8-20(12)10(2)14-17-16-11(3)22-14/h10,12H,6-8H2,1-5H3. The van der Waals surface area contributed by atoms with E-state index in [-0.39, 0.29) is 12.1 Å². The lowest BCUT2D eigenvalue weighted by molar-refractivity contribution is 0.163. The first-order valence-electron chi connectivity index (χ1n) is 7.66. The van der Waals surface area contributed by atoms with Gasteiger partial charge in [0.2, 0.25) is 17.7 Å². The van der Waals surface area contributed by atoms with Crippen LogP contribution in [0.25, 0.3) is 0 Å². The molecule has 2 aromatic heterocycles. The molecule has 3 heterocycles. The Morgan fingerprint density at radius 1 is 1.32 bits per heavy atom. The van der Waals surface area contributed by atoms with Gasteiger partial charge in [0.1, 0.15) is 0 Å². The summed E-state index contributed by atoms with van der Waals surface area (Å²) in [6.07, 6.45) is 2.22. The first-order valence-corrected chi connectivity index (χ1v) is 7.66. The first-order chi connectivity index (χ1) is 10.5. The fourth-order valence-corrected chi connectivity index (χ4v) is 3.46. The van der Waals surface area contributed by atoms with E-state index >= 15 is 0 Å². The van der Waals surface area contributed by atoms with Gasteiger partial charge in [-0.1, -0.05) is 0 Å². The van der Waals surface area contributed by atoms with E-state index in [1.54, 1.807) is 7.11 Å². The Morgan fingerprint density at radius 2 is 2.09 bits per heavy atom. The smallest absolute Gasteiger partial charge is 0.233 e. The highest BCUT2D eigenvalue weighted by molar-refractivity contribution is 5.35. The SMILES string of the molecule is COc1c(C2CCCN2C(C)c2nnc(C)o2)c(C)nn1C. The lowest BCUT2D eigenvalue weighted by Gasteiger charge is -2.28. The average molecular weight is 305 g/mol. The van der Waals surface area contributed by atoms with E-state index in [1.165, 1.54) is 5.56 Å². The minimum Gasteiger partial charge on any atom is -0.481 e. The summed E-state index contributed by atoms with van der Waals surface area (Å²) in [5.41, 5.74) is 2.19. The summed E-state index contributed by atoms with van der Waals surface area (Å²) < 4.78 is 13.0. The van der Waals surface area contributed by atoms with Crippen molar-refractivity contribution < 1.29 is 9.15 Å². The van der Waals surface area contributed by atoms with Crippen molar-refractivity contribution in [2.75, 3.05) is 13.7 Å². The van der Waals surface area contributed by atoms with Crippen molar-refractivity contribution in [3.63, 3.8) is 0 Å². The van der Waals surface area contributed by atoms with E-state index in [0.29, 0.717) is 11.8 Å². The highest BCUT2D eigenvalue weighted by Gasteiger charge is 2.36. The Morgan fingerprint density at radius 3 is 2.73 bits per heavy atom. The number of likely N-dealkylation sites (tertiary alicyclic amines) is 1. The maximum atomic E-state index is 5.62. The molecule has 7 nitrogen and oxygen atoms in total. The van der Waals surface area contributed by atoms with E-state index < -0.39 is 0 Å². The van der Waals surface area contributed by atoms with Crippen LogP contribution in [0, 0.1) is 13.8 Å². The lowest BCUT2D eigenvalue weighted by atomic mass is 10.0. The van der Waals surface area contributed by atoms with Crippen LogP contribution in [0.1, 0.15) is 54.9 Å². The number of hydrogen-bond acceptors (Lipinski definition) is 6. The summed E-state index contributed by atoms with van der Waals surface area (Å²) >= 11 is 0. The largest absolute Gasteiger partial charge is 0.481 e. The summed E-state index contributed by atoms with van der Waals surface area (Å²) in [5.74, 6) is 2.11. The van der Waals surface area contributed by atoms with Gasteiger partial charge in [-0.3, -0.25) is 4.90 Å². The Hall–Kier alpha value is -1.89. The van der Waals surface area contributed by atoms with Crippen molar-refractivity contribution in [3.05, 3.63) is 23.0 Å². The van der Waals surface area contributed by atoms with E-state index in [9.17, 15) is 0 Å². The van der Waals surface area contributed by atoms with Gasteiger partial charge in [0.15, 0.2) is 0 Å². The summed E-state index contributed by atoms with van der Waals surface area (Å²) in [6.45, 7) is 6.98. The van der Waals surface area contributed by atoms with Gasteiger partial charge in [-0.15, -0.1) is 10.2 Å². The topological polar surface area (TPSA) is 69.2 Å². The van der Waals surface area contributed by atoms with Gasteiger partial charge in [0.05, 0.1) is 24.4 Å². The number of nitrogens with zero attached hydrogens (tertiary/aromatic N) is 5. The van der Waals surface area contributed by atoms with Crippen molar-refractivity contribution in [1.82, 2.24) is 24.9 Å². The molecule has 1 fully saturated rings. The minimum absolute atomic E-state index is 0.0815. The number of hydrogen-bond donors (Lipinski definition) is 0. The van der Waals surface area contributed by atoms with E-state index in [4.69, 9.17) is 9.15 Å². The molecule has 0 amide bonds. The molecule has 2 unspecified atom stereocenters. The molecule has 0 N–H and O–H groups in total. The number of methoxy groups -OCH3 is 1. The highest BCUT2D eigenvalue weighted by Crippen LogP contribution is 2.42. The Labute approximate surface area is 130 Å². The number of aromatic nitrogens is 4. The summed E-state index contributed by atoms with van der Waals surface area (Å²) in [5, 5.41) is 12.6. The Balaban J connectivity index is 1.94. The Kier molecular flexibility index (Phi) is 3.90. The maximum Gasteiger partial charge on any atom is 0.233 e. The van der Waals surface area contributed by atoms with Crippen LogP contribution >= 0.6 is 0 Å². The molecule has 1 saturated heterocycles. The fourth-order valence-electron chi connectivity index (χ4n) is 3.46. The van der Waals surface area contributed by atoms with Gasteiger partial charge < -0.3 is 9.15 Å². The van der Waals surface area contributed by atoms with Gasteiger partial charge >= 0.3 is 0 Å². The van der Waals surface area contributed by atoms with Crippen molar-refractivity contribution in [3.8, 4) is 5.88 Å². The van der Waals surface area contributed by atoms with E-state index in [1.807, 2.05) is 25.6 Å². The lowest BCUT2D eigenvalue weighted by Crippen LogP contribution is -2.27. The molecule has 7 heteroatoms.